The molecule has 0 radical (unpaired) electrons. The van der Waals surface area contributed by atoms with Crippen LogP contribution < -0.4 is 0 Å². The Labute approximate surface area is 76.5 Å². The van der Waals surface area contributed by atoms with Crippen LogP contribution in [-0.4, -0.2) is 32.1 Å². The van der Waals surface area contributed by atoms with Crippen LogP contribution in [0.5, 0.6) is 0 Å². The molecule has 2 rings (SSSR count). The van der Waals surface area contributed by atoms with Crippen molar-refractivity contribution in [2.75, 3.05) is 14.2 Å². The van der Waals surface area contributed by atoms with Gasteiger partial charge in [0, 0.05) is 7.11 Å². The van der Waals surface area contributed by atoms with Crippen molar-refractivity contribution < 1.29 is 19.0 Å². The molecule has 3 atom stereocenters. The highest BCUT2D eigenvalue weighted by Crippen LogP contribution is 2.43. The number of hydrogen-bond acceptors (Lipinski definition) is 4. The van der Waals surface area contributed by atoms with Crippen LogP contribution in [0.4, 0.5) is 0 Å². The molecule has 13 heavy (non-hydrogen) atoms. The molecular weight excluding hydrogens is 172 g/mol. The molecule has 4 heteroatoms. The average molecular weight is 184 g/mol. The molecule has 4 nitrogen and oxygen atoms in total. The van der Waals surface area contributed by atoms with Gasteiger partial charge in [0.2, 0.25) is 5.79 Å². The smallest absolute Gasteiger partial charge is 0.314 e. The van der Waals surface area contributed by atoms with Crippen LogP contribution in [-0.2, 0) is 19.0 Å². The third kappa shape index (κ3) is 1.09. The zero-order valence-electron chi connectivity index (χ0n) is 7.65. The molecule has 0 unspecified atom stereocenters. The van der Waals surface area contributed by atoms with E-state index in [1.165, 1.54) is 14.2 Å². The predicted molar refractivity (Wildman–Crippen MR) is 43.9 cm³/mol. The molecule has 2 aliphatic rings. The number of esters is 1. The van der Waals surface area contributed by atoms with E-state index < -0.39 is 5.79 Å². The maximum Gasteiger partial charge on any atom is 0.314 e. The normalized spacial score (nSPS) is 41.1. The highest BCUT2D eigenvalue weighted by molar-refractivity contribution is 5.75. The van der Waals surface area contributed by atoms with Gasteiger partial charge in [-0.15, -0.1) is 0 Å². The van der Waals surface area contributed by atoms with Gasteiger partial charge in [0.15, 0.2) is 0 Å². The van der Waals surface area contributed by atoms with Crippen molar-refractivity contribution in [1.29, 1.82) is 0 Å². The van der Waals surface area contributed by atoms with E-state index in [1.54, 1.807) is 6.08 Å². The average Bonchev–Trinajstić information content (AvgIpc) is 2.74. The molecule has 0 aliphatic carbocycles. The minimum atomic E-state index is -0.863. The molecule has 1 saturated heterocycles. The van der Waals surface area contributed by atoms with Gasteiger partial charge < -0.3 is 14.2 Å². The van der Waals surface area contributed by atoms with E-state index in [4.69, 9.17) is 9.47 Å². The molecule has 0 N–H and O–H groups in total. The first kappa shape index (κ1) is 8.72. The number of rotatable bonds is 2. The fourth-order valence-electron chi connectivity index (χ4n) is 1.94. The highest BCUT2D eigenvalue weighted by atomic mass is 16.7. The zero-order valence-corrected chi connectivity index (χ0v) is 7.65. The summed E-state index contributed by atoms with van der Waals surface area (Å²) in [4.78, 5) is 11.4. The van der Waals surface area contributed by atoms with Crippen molar-refractivity contribution >= 4 is 5.97 Å². The lowest BCUT2D eigenvalue weighted by Crippen LogP contribution is -2.39. The first-order chi connectivity index (χ1) is 6.22. The summed E-state index contributed by atoms with van der Waals surface area (Å²) in [7, 11) is 2.91. The van der Waals surface area contributed by atoms with Gasteiger partial charge in [-0.1, -0.05) is 6.08 Å². The third-order valence-corrected chi connectivity index (χ3v) is 2.64. The Hall–Kier alpha value is -0.870. The van der Waals surface area contributed by atoms with Gasteiger partial charge in [-0.05, 0) is 12.5 Å². The van der Waals surface area contributed by atoms with Gasteiger partial charge in [-0.3, -0.25) is 4.79 Å². The van der Waals surface area contributed by atoms with Crippen molar-refractivity contribution in [2.24, 2.45) is 5.92 Å². The lowest BCUT2D eigenvalue weighted by Gasteiger charge is -2.26. The summed E-state index contributed by atoms with van der Waals surface area (Å²) in [6.45, 7) is 0. The molecule has 2 bridgehead atoms. The minimum absolute atomic E-state index is 0.00375. The predicted octanol–water partition coefficient (Wildman–Crippen LogP) is 0.477. The Balaban J connectivity index is 2.23. The van der Waals surface area contributed by atoms with Gasteiger partial charge in [-0.25, -0.2) is 0 Å². The maximum atomic E-state index is 11.4. The largest absolute Gasteiger partial charge is 0.469 e. The van der Waals surface area contributed by atoms with E-state index in [0.29, 0.717) is 6.42 Å². The van der Waals surface area contributed by atoms with Crippen LogP contribution in [0.15, 0.2) is 12.2 Å². The quantitative estimate of drug-likeness (QED) is 0.462. The summed E-state index contributed by atoms with van der Waals surface area (Å²) in [6, 6.07) is 0. The van der Waals surface area contributed by atoms with Gasteiger partial charge >= 0.3 is 5.97 Å². The van der Waals surface area contributed by atoms with E-state index in [0.717, 1.165) is 0 Å². The van der Waals surface area contributed by atoms with Crippen LogP contribution in [0, 0.1) is 5.92 Å². The lowest BCUT2D eigenvalue weighted by atomic mass is 9.91. The maximum absolute atomic E-state index is 11.4. The summed E-state index contributed by atoms with van der Waals surface area (Å²) < 4.78 is 15.4. The number of carbonyl (C=O) groups excluding carboxylic acids is 1. The Morgan fingerprint density at radius 3 is 2.92 bits per heavy atom. The Kier molecular flexibility index (Phi) is 1.89. The second kappa shape index (κ2) is 2.82. The van der Waals surface area contributed by atoms with Crippen molar-refractivity contribution in [2.45, 2.75) is 18.3 Å². The Bertz CT molecular complexity index is 260. The molecule has 1 fully saturated rings. The Morgan fingerprint density at radius 2 is 2.38 bits per heavy atom. The van der Waals surface area contributed by atoms with Crippen molar-refractivity contribution in [3.8, 4) is 0 Å². The topological polar surface area (TPSA) is 44.8 Å². The zero-order chi connectivity index (χ0) is 9.47. The summed E-state index contributed by atoms with van der Waals surface area (Å²) in [5.74, 6) is -1.45. The molecule has 0 aromatic rings. The standard InChI is InChI=1S/C9H12O4/c1-11-8(10)7-5-6-3-4-9(7,12-2)13-6/h3-4,6-7H,5H2,1-2H3/t6-,7-,9+/m0/s1. The minimum Gasteiger partial charge on any atom is -0.469 e. The second-order valence-corrected chi connectivity index (χ2v) is 3.25. The Morgan fingerprint density at radius 1 is 1.62 bits per heavy atom. The monoisotopic (exact) mass is 184 g/mol. The van der Waals surface area contributed by atoms with E-state index in [2.05, 4.69) is 4.74 Å². The number of hydrogen-bond donors (Lipinski definition) is 0. The fraction of sp³-hybridized carbons (Fsp3) is 0.667. The highest BCUT2D eigenvalue weighted by Gasteiger charge is 2.54. The molecule has 72 valence electrons. The number of ether oxygens (including phenoxy) is 3. The van der Waals surface area contributed by atoms with Gasteiger partial charge in [0.1, 0.15) is 5.92 Å². The number of carbonyl (C=O) groups is 1. The van der Waals surface area contributed by atoms with Crippen LogP contribution in [0.3, 0.4) is 0 Å². The van der Waals surface area contributed by atoms with Crippen molar-refractivity contribution in [3.05, 3.63) is 12.2 Å². The SMILES string of the molecule is COC(=O)[C@@H]1C[C@@H]2C=C[C@@]1(OC)O2. The summed E-state index contributed by atoms with van der Waals surface area (Å²) in [6.07, 6.45) is 4.37. The van der Waals surface area contributed by atoms with E-state index in [-0.39, 0.29) is 18.0 Å². The first-order valence-electron chi connectivity index (χ1n) is 4.22. The molecule has 0 aromatic heterocycles. The summed E-state index contributed by atoms with van der Waals surface area (Å²) >= 11 is 0. The summed E-state index contributed by atoms with van der Waals surface area (Å²) in [5.41, 5.74) is 0. The van der Waals surface area contributed by atoms with Crippen LogP contribution in [0.25, 0.3) is 0 Å². The molecule has 0 spiro atoms. The van der Waals surface area contributed by atoms with E-state index in [1.807, 2.05) is 6.08 Å². The number of methoxy groups -OCH3 is 2. The van der Waals surface area contributed by atoms with Crippen LogP contribution in [0.2, 0.25) is 0 Å². The van der Waals surface area contributed by atoms with E-state index in [9.17, 15) is 4.79 Å². The van der Waals surface area contributed by atoms with Gasteiger partial charge in [0.25, 0.3) is 0 Å². The first-order valence-corrected chi connectivity index (χ1v) is 4.22. The molecule has 0 amide bonds. The van der Waals surface area contributed by atoms with E-state index >= 15 is 0 Å². The molecule has 2 aliphatic heterocycles. The van der Waals surface area contributed by atoms with Crippen LogP contribution >= 0.6 is 0 Å². The van der Waals surface area contributed by atoms with Gasteiger partial charge in [-0.2, -0.15) is 0 Å². The number of fused-ring (bicyclic) bond motifs is 2. The molecule has 2 heterocycles. The summed E-state index contributed by atoms with van der Waals surface area (Å²) in [5, 5.41) is 0. The third-order valence-electron chi connectivity index (χ3n) is 2.64. The molecule has 0 aromatic carbocycles. The molecule has 0 saturated carbocycles. The fourth-order valence-corrected chi connectivity index (χ4v) is 1.94. The van der Waals surface area contributed by atoms with Crippen molar-refractivity contribution in [3.63, 3.8) is 0 Å². The second-order valence-electron chi connectivity index (χ2n) is 3.25. The van der Waals surface area contributed by atoms with Crippen LogP contribution in [0.1, 0.15) is 6.42 Å². The lowest BCUT2D eigenvalue weighted by molar-refractivity contribution is -0.192. The van der Waals surface area contributed by atoms with Gasteiger partial charge in [0.05, 0.1) is 13.2 Å². The molecular formula is C9H12O4. The van der Waals surface area contributed by atoms with Crippen molar-refractivity contribution in [1.82, 2.24) is 0 Å².